The quantitative estimate of drug-likeness (QED) is 0.683. The van der Waals surface area contributed by atoms with Crippen molar-refractivity contribution in [1.82, 2.24) is 0 Å². The number of hydrogen-bond acceptors (Lipinski definition) is 2. The van der Waals surface area contributed by atoms with Crippen LogP contribution >= 0.6 is 0 Å². The first-order valence-corrected chi connectivity index (χ1v) is 6.63. The van der Waals surface area contributed by atoms with Gasteiger partial charge in [-0.25, -0.2) is 0 Å². The van der Waals surface area contributed by atoms with E-state index in [0.29, 0.717) is 6.42 Å². The molecule has 0 saturated carbocycles. The van der Waals surface area contributed by atoms with Gasteiger partial charge in [0.2, 0.25) is 0 Å². The molecule has 54 valence electrons. The van der Waals surface area contributed by atoms with Gasteiger partial charge in [-0.05, 0) is 0 Å². The Morgan fingerprint density at radius 2 is 2.44 bits per heavy atom. The Morgan fingerprint density at radius 1 is 1.89 bits per heavy atom. The van der Waals surface area contributed by atoms with Crippen LogP contribution in [0.2, 0.25) is 9.44 Å². The summed E-state index contributed by atoms with van der Waals surface area (Å²) in [6, 6.07) is -0.630. The molecular formula is C5H11NO2Te. The van der Waals surface area contributed by atoms with Crippen LogP contribution in [-0.2, 0) is 4.79 Å². The maximum atomic E-state index is 10.1. The van der Waals surface area contributed by atoms with Crippen molar-refractivity contribution in [1.29, 1.82) is 0 Å². The molecule has 0 unspecified atom stereocenters. The molecule has 0 fully saturated rings. The van der Waals surface area contributed by atoms with Crippen LogP contribution in [0.15, 0.2) is 0 Å². The van der Waals surface area contributed by atoms with Crippen molar-refractivity contribution >= 4 is 26.9 Å². The third-order valence-corrected chi connectivity index (χ3v) is 2.79. The summed E-state index contributed by atoms with van der Waals surface area (Å²) in [4.78, 5) is 12.2. The van der Waals surface area contributed by atoms with E-state index in [1.807, 2.05) is 0 Å². The zero-order valence-electron chi connectivity index (χ0n) is 5.33. The van der Waals surface area contributed by atoms with E-state index in [-0.39, 0.29) is 20.9 Å². The van der Waals surface area contributed by atoms with Crippen LogP contribution in [0.25, 0.3) is 0 Å². The van der Waals surface area contributed by atoms with Crippen molar-refractivity contribution in [3.63, 3.8) is 0 Å². The molecule has 1 atom stereocenters. The monoisotopic (exact) mass is 247 g/mol. The average molecular weight is 245 g/mol. The van der Waals surface area contributed by atoms with E-state index in [1.54, 1.807) is 0 Å². The van der Waals surface area contributed by atoms with E-state index < -0.39 is 12.0 Å². The predicted octanol–water partition coefficient (Wildman–Crippen LogP) is -0.0410. The normalized spacial score (nSPS) is 13.1. The Morgan fingerprint density at radius 3 is 2.78 bits per heavy atom. The van der Waals surface area contributed by atoms with Gasteiger partial charge in [-0.3, -0.25) is 0 Å². The number of carboxylic acids is 1. The molecule has 0 saturated heterocycles. The molecule has 0 aliphatic carbocycles. The maximum absolute atomic E-state index is 10.1. The van der Waals surface area contributed by atoms with Crippen molar-refractivity contribution in [2.75, 3.05) is 0 Å². The molecular weight excluding hydrogens is 234 g/mol. The van der Waals surface area contributed by atoms with Crippen LogP contribution in [0.3, 0.4) is 0 Å². The van der Waals surface area contributed by atoms with Crippen LogP contribution < -0.4 is 5.73 Å². The standard InChI is InChI=1S/C5H11NO2Te/c1-9-3-2-4(6)5(7)8/h4H,2-3,6H2,1H3,(H,7,8)/t4-/m0/s1. The van der Waals surface area contributed by atoms with Gasteiger partial charge in [0.05, 0.1) is 0 Å². The molecule has 0 aromatic heterocycles. The Balaban J connectivity index is 3.27. The second kappa shape index (κ2) is 5.04. The molecule has 0 rings (SSSR count). The van der Waals surface area contributed by atoms with Gasteiger partial charge in [0.1, 0.15) is 0 Å². The third-order valence-electron chi connectivity index (χ3n) is 0.950. The minimum absolute atomic E-state index is 0.0602. The molecule has 0 aromatic carbocycles. The van der Waals surface area contributed by atoms with Crippen LogP contribution in [-0.4, -0.2) is 38.0 Å². The summed E-state index contributed by atoms with van der Waals surface area (Å²) >= 11 is 0.0602. The predicted molar refractivity (Wildman–Crippen MR) is 36.7 cm³/mol. The molecule has 4 heteroatoms. The van der Waals surface area contributed by atoms with E-state index in [1.165, 1.54) is 0 Å². The molecule has 3 nitrogen and oxygen atoms in total. The number of carboxylic acid groups (broad SMARTS) is 1. The molecule has 0 heterocycles. The second-order valence-electron chi connectivity index (χ2n) is 1.73. The zero-order valence-corrected chi connectivity index (χ0v) is 7.66. The summed E-state index contributed by atoms with van der Waals surface area (Å²) in [5, 5.41) is 8.30. The Hall–Kier alpha value is 0.220. The Kier molecular flexibility index (Phi) is 5.16. The number of carbonyl (C=O) groups is 1. The fourth-order valence-corrected chi connectivity index (χ4v) is 1.77. The second-order valence-corrected chi connectivity index (χ2v) is 4.54. The van der Waals surface area contributed by atoms with Gasteiger partial charge >= 0.3 is 64.4 Å². The first-order valence-electron chi connectivity index (χ1n) is 2.65. The van der Waals surface area contributed by atoms with E-state index in [2.05, 4.69) is 4.97 Å². The fraction of sp³-hybridized carbons (Fsp3) is 0.800. The topological polar surface area (TPSA) is 63.3 Å². The summed E-state index contributed by atoms with van der Waals surface area (Å²) in [6.07, 6.45) is 0.647. The SMILES string of the molecule is C[Te]CC[C@H](N)C(=O)O. The van der Waals surface area contributed by atoms with E-state index in [9.17, 15) is 4.79 Å². The number of aliphatic carboxylic acids is 1. The Bertz CT molecular complexity index is 97.0. The van der Waals surface area contributed by atoms with Crippen molar-refractivity contribution in [3.8, 4) is 0 Å². The number of hydrogen-bond donors (Lipinski definition) is 2. The van der Waals surface area contributed by atoms with Crippen molar-refractivity contribution in [3.05, 3.63) is 0 Å². The number of rotatable bonds is 4. The van der Waals surface area contributed by atoms with Crippen molar-refractivity contribution < 1.29 is 9.90 Å². The van der Waals surface area contributed by atoms with Crippen molar-refractivity contribution in [2.45, 2.75) is 21.9 Å². The van der Waals surface area contributed by atoms with Gasteiger partial charge in [-0.15, -0.1) is 0 Å². The summed E-state index contributed by atoms with van der Waals surface area (Å²) < 4.78 is 1.03. The average Bonchev–Trinajstić information content (AvgIpc) is 1.82. The van der Waals surface area contributed by atoms with Gasteiger partial charge in [-0.1, -0.05) is 0 Å². The van der Waals surface area contributed by atoms with Gasteiger partial charge in [-0.2, -0.15) is 0 Å². The van der Waals surface area contributed by atoms with Crippen LogP contribution in [0.1, 0.15) is 6.42 Å². The Labute approximate surface area is 64.7 Å². The summed E-state index contributed by atoms with van der Waals surface area (Å²) in [5.41, 5.74) is 5.22. The molecule has 0 amide bonds. The first-order chi connectivity index (χ1) is 4.18. The van der Waals surface area contributed by atoms with Gasteiger partial charge in [0, 0.05) is 0 Å². The number of nitrogens with two attached hydrogens (primary N) is 1. The molecule has 0 spiro atoms. The molecule has 0 bridgehead atoms. The van der Waals surface area contributed by atoms with Crippen LogP contribution in [0.5, 0.6) is 0 Å². The molecule has 0 aliphatic heterocycles. The summed E-state index contributed by atoms with van der Waals surface area (Å²) in [6.45, 7) is 0. The minimum atomic E-state index is -0.879. The van der Waals surface area contributed by atoms with Gasteiger partial charge in [0.15, 0.2) is 0 Å². The van der Waals surface area contributed by atoms with Crippen LogP contribution in [0, 0.1) is 0 Å². The molecule has 0 radical (unpaired) electrons. The fourth-order valence-electron chi connectivity index (χ4n) is 0.368. The molecule has 3 N–H and O–H groups in total. The zero-order chi connectivity index (χ0) is 7.28. The molecule has 0 aliphatic rings. The van der Waals surface area contributed by atoms with Gasteiger partial charge in [0.25, 0.3) is 0 Å². The first kappa shape index (κ1) is 9.22. The molecule has 9 heavy (non-hydrogen) atoms. The van der Waals surface area contributed by atoms with E-state index in [0.717, 1.165) is 4.47 Å². The summed E-state index contributed by atoms with van der Waals surface area (Å²) in [5.74, 6) is -0.879. The molecule has 0 aromatic rings. The van der Waals surface area contributed by atoms with E-state index >= 15 is 0 Å². The van der Waals surface area contributed by atoms with Crippen molar-refractivity contribution in [2.24, 2.45) is 5.73 Å². The van der Waals surface area contributed by atoms with Crippen LogP contribution in [0.4, 0.5) is 0 Å². The van der Waals surface area contributed by atoms with E-state index in [4.69, 9.17) is 10.8 Å². The summed E-state index contributed by atoms with van der Waals surface area (Å²) in [7, 11) is 0. The third kappa shape index (κ3) is 4.71. The van der Waals surface area contributed by atoms with Gasteiger partial charge < -0.3 is 0 Å².